The van der Waals surface area contributed by atoms with Crippen LogP contribution in [0.4, 0.5) is 5.69 Å². The van der Waals surface area contributed by atoms with E-state index in [0.29, 0.717) is 0 Å². The van der Waals surface area contributed by atoms with Gasteiger partial charge in [0.05, 0.1) is 4.92 Å². The number of hydrogen-bond acceptors (Lipinski definition) is 4. The molecule has 8 heteroatoms. The molecule has 0 radical (unpaired) electrons. The Morgan fingerprint density at radius 2 is 2.00 bits per heavy atom. The van der Waals surface area contributed by atoms with Crippen molar-refractivity contribution in [3.8, 4) is 0 Å². The number of nitrogens with zero attached hydrogens (tertiary/aromatic N) is 1. The van der Waals surface area contributed by atoms with Crippen molar-refractivity contribution in [1.29, 1.82) is 0 Å². The number of rotatable bonds is 2. The minimum Gasteiger partial charge on any atom is -1.00 e. The van der Waals surface area contributed by atoms with E-state index in [-0.39, 0.29) is 58.5 Å². The fourth-order valence-electron chi connectivity index (χ4n) is 0.758. The largest absolute Gasteiger partial charge is 1.00 e. The van der Waals surface area contributed by atoms with Gasteiger partial charge in [0.15, 0.2) is 0 Å². The van der Waals surface area contributed by atoms with Crippen molar-refractivity contribution in [2.45, 2.75) is 4.90 Å². The average molecular weight is 243 g/mol. The topological polar surface area (TPSA) is 97.5 Å². The van der Waals surface area contributed by atoms with E-state index in [2.05, 4.69) is 0 Å². The van der Waals surface area contributed by atoms with Crippen LogP contribution in [0.2, 0.25) is 0 Å². The second kappa shape index (κ2) is 5.31. The summed E-state index contributed by atoms with van der Waals surface area (Å²) in [5.74, 6) is 0. The van der Waals surface area contributed by atoms with E-state index in [1.54, 1.807) is 0 Å². The van der Waals surface area contributed by atoms with Crippen LogP contribution in [0.25, 0.3) is 0 Å². The number of hydrogen-bond donors (Lipinski definition) is 1. The molecule has 72 valence electrons. The summed E-state index contributed by atoms with van der Waals surface area (Å²) in [5.41, 5.74) is -0.380. The van der Waals surface area contributed by atoms with E-state index in [1.165, 1.54) is 6.07 Å². The molecular formula is C6H6KNO5S. The van der Waals surface area contributed by atoms with Gasteiger partial charge in [-0.25, -0.2) is 0 Å². The van der Waals surface area contributed by atoms with Gasteiger partial charge in [0.1, 0.15) is 4.90 Å². The van der Waals surface area contributed by atoms with Gasteiger partial charge in [-0.1, -0.05) is 6.07 Å². The minimum absolute atomic E-state index is 0. The third-order valence-corrected chi connectivity index (χ3v) is 2.18. The molecule has 0 amide bonds. The van der Waals surface area contributed by atoms with Crippen molar-refractivity contribution in [2.24, 2.45) is 0 Å². The summed E-state index contributed by atoms with van der Waals surface area (Å²) in [7, 11) is -4.36. The van der Waals surface area contributed by atoms with E-state index in [9.17, 15) is 18.5 Å². The Morgan fingerprint density at radius 1 is 1.43 bits per heavy atom. The fraction of sp³-hybridized carbons (Fsp3) is 0. The second-order valence-corrected chi connectivity index (χ2v) is 3.65. The van der Waals surface area contributed by atoms with E-state index in [1.807, 2.05) is 0 Å². The van der Waals surface area contributed by atoms with E-state index < -0.39 is 19.9 Å². The quantitative estimate of drug-likeness (QED) is 0.279. The van der Waals surface area contributed by atoms with Crippen LogP contribution in [-0.4, -0.2) is 17.9 Å². The molecule has 0 aliphatic carbocycles. The van der Waals surface area contributed by atoms with E-state index >= 15 is 0 Å². The average Bonchev–Trinajstić information content (AvgIpc) is 2.03. The van der Waals surface area contributed by atoms with Crippen LogP contribution < -0.4 is 51.4 Å². The monoisotopic (exact) mass is 243 g/mol. The summed E-state index contributed by atoms with van der Waals surface area (Å²) in [4.78, 5) is 8.98. The molecule has 14 heavy (non-hydrogen) atoms. The summed E-state index contributed by atoms with van der Waals surface area (Å²) in [6.45, 7) is 0. The van der Waals surface area contributed by atoms with Crippen LogP contribution in [0.3, 0.4) is 0 Å². The summed E-state index contributed by atoms with van der Waals surface area (Å²) >= 11 is 0. The van der Waals surface area contributed by atoms with E-state index in [4.69, 9.17) is 4.55 Å². The van der Waals surface area contributed by atoms with Crippen LogP contribution in [0, 0.1) is 10.1 Å². The smallest absolute Gasteiger partial charge is 1.00 e. The molecule has 0 heterocycles. The summed E-state index contributed by atoms with van der Waals surface area (Å²) in [6, 6.07) is 4.17. The van der Waals surface area contributed by atoms with Gasteiger partial charge in [-0.15, -0.1) is 0 Å². The number of benzene rings is 1. The van der Waals surface area contributed by atoms with Gasteiger partial charge in [-0.05, 0) is 6.07 Å². The molecule has 1 rings (SSSR count). The molecule has 0 aliphatic heterocycles. The van der Waals surface area contributed by atoms with Gasteiger partial charge in [0, 0.05) is 12.1 Å². The molecule has 0 spiro atoms. The van der Waals surface area contributed by atoms with Gasteiger partial charge >= 0.3 is 51.4 Å². The predicted octanol–water partition coefficient (Wildman–Crippen LogP) is -2.04. The normalized spacial score (nSPS) is 10.4. The third kappa shape index (κ3) is 3.73. The summed E-state index contributed by atoms with van der Waals surface area (Å²) in [6.07, 6.45) is 0. The first-order valence-corrected chi connectivity index (χ1v) is 4.57. The molecule has 0 aromatic heterocycles. The van der Waals surface area contributed by atoms with Gasteiger partial charge in [0.2, 0.25) is 0 Å². The minimum atomic E-state index is -4.36. The Morgan fingerprint density at radius 3 is 2.43 bits per heavy atom. The third-order valence-electron chi connectivity index (χ3n) is 1.33. The van der Waals surface area contributed by atoms with Crippen molar-refractivity contribution in [3.63, 3.8) is 0 Å². The van der Waals surface area contributed by atoms with Crippen molar-refractivity contribution in [1.82, 2.24) is 0 Å². The Labute approximate surface area is 124 Å². The molecule has 6 nitrogen and oxygen atoms in total. The Balaban J connectivity index is 0. The van der Waals surface area contributed by atoms with Crippen LogP contribution in [0.5, 0.6) is 0 Å². The number of nitro groups is 1. The van der Waals surface area contributed by atoms with Gasteiger partial charge in [0.25, 0.3) is 15.8 Å². The second-order valence-electron chi connectivity index (χ2n) is 2.23. The predicted molar refractivity (Wildman–Crippen MR) is 44.0 cm³/mol. The maximum Gasteiger partial charge on any atom is 1.00 e. The Hall–Kier alpha value is 0.166. The fourth-order valence-corrected chi connectivity index (χ4v) is 1.28. The van der Waals surface area contributed by atoms with Crippen molar-refractivity contribution in [3.05, 3.63) is 34.4 Å². The van der Waals surface area contributed by atoms with Crippen LogP contribution in [0.15, 0.2) is 29.2 Å². The standard InChI is InChI=1S/C6H5NO5S.K.H/c8-7(9)5-2-1-3-6(4-5)13(10,11)12;;/h1-4H,(H,10,11,12);;/q;+1;-1. The van der Waals surface area contributed by atoms with Gasteiger partial charge in [-0.3, -0.25) is 14.7 Å². The summed E-state index contributed by atoms with van der Waals surface area (Å²) in [5, 5.41) is 10.2. The Bertz CT molecular complexity index is 449. The molecule has 0 atom stereocenters. The maximum absolute atomic E-state index is 10.5. The van der Waals surface area contributed by atoms with E-state index in [0.717, 1.165) is 18.2 Å². The molecule has 0 aliphatic rings. The zero-order valence-electron chi connectivity index (χ0n) is 8.25. The molecule has 0 unspecified atom stereocenters. The molecule has 0 saturated heterocycles. The first-order chi connectivity index (χ1) is 5.91. The molecular weight excluding hydrogens is 237 g/mol. The van der Waals surface area contributed by atoms with Crippen molar-refractivity contribution in [2.75, 3.05) is 0 Å². The summed E-state index contributed by atoms with van der Waals surface area (Å²) < 4.78 is 29.6. The Kier molecular flexibility index (Phi) is 5.37. The number of nitro benzene ring substituents is 1. The molecule has 0 bridgehead atoms. The molecule has 1 N–H and O–H groups in total. The molecule has 0 saturated carbocycles. The first kappa shape index (κ1) is 14.2. The van der Waals surface area contributed by atoms with Crippen LogP contribution >= 0.6 is 0 Å². The van der Waals surface area contributed by atoms with Crippen LogP contribution in [-0.2, 0) is 10.1 Å². The first-order valence-electron chi connectivity index (χ1n) is 3.13. The molecule has 0 fully saturated rings. The van der Waals surface area contributed by atoms with Gasteiger partial charge < -0.3 is 1.43 Å². The zero-order chi connectivity index (χ0) is 10.1. The zero-order valence-corrected chi connectivity index (χ0v) is 11.2. The van der Waals surface area contributed by atoms with Gasteiger partial charge in [-0.2, -0.15) is 8.42 Å². The maximum atomic E-state index is 10.5. The van der Waals surface area contributed by atoms with Crippen molar-refractivity contribution >= 4 is 15.8 Å². The SMILES string of the molecule is O=[N+]([O-])c1cccc(S(=O)(=O)O)c1.[H-].[K+]. The molecule has 1 aromatic rings. The number of non-ortho nitro benzene ring substituents is 1. The van der Waals surface area contributed by atoms with Crippen molar-refractivity contribution < 1.29 is 70.7 Å². The molecule has 1 aromatic carbocycles. The van der Waals surface area contributed by atoms with Crippen LogP contribution in [0.1, 0.15) is 1.43 Å².